The fraction of sp³-hybridized carbons (Fsp3) is 0.304. The number of guanidine groups is 1. The van der Waals surface area contributed by atoms with E-state index in [1.54, 1.807) is 12.1 Å². The van der Waals surface area contributed by atoms with Crippen molar-refractivity contribution in [2.75, 3.05) is 6.61 Å². The molecule has 5 N–H and O–H groups in total. The minimum atomic E-state index is -0.628. The third-order valence-corrected chi connectivity index (χ3v) is 4.97. The first kappa shape index (κ1) is 22.8. The van der Waals surface area contributed by atoms with Crippen LogP contribution in [0.3, 0.4) is 0 Å². The fourth-order valence-electron chi connectivity index (χ4n) is 3.38. The Morgan fingerprint density at radius 3 is 2.09 bits per heavy atom. The van der Waals surface area contributed by atoms with Crippen LogP contribution in [0.5, 0.6) is 5.75 Å². The van der Waals surface area contributed by atoms with Crippen molar-refractivity contribution in [2.24, 2.45) is 16.5 Å². The zero-order valence-corrected chi connectivity index (χ0v) is 17.6. The van der Waals surface area contributed by atoms with E-state index in [1.165, 1.54) is 42.8 Å². The van der Waals surface area contributed by atoms with Gasteiger partial charge in [0.2, 0.25) is 0 Å². The summed E-state index contributed by atoms with van der Waals surface area (Å²) in [6, 6.07) is 12.3. The SMILES string of the molecule is NC(N)=Nc1ccc(C(=O)Oc2ccc(C(=O)OCC(=O)NC3CCCCC3)cc2)cc1. The van der Waals surface area contributed by atoms with Gasteiger partial charge in [0.15, 0.2) is 12.6 Å². The number of ether oxygens (including phenoxy) is 2. The summed E-state index contributed by atoms with van der Waals surface area (Å²) >= 11 is 0. The molecule has 2 aromatic rings. The van der Waals surface area contributed by atoms with Crippen LogP contribution in [0, 0.1) is 0 Å². The number of hydrogen-bond donors (Lipinski definition) is 3. The number of hydrogen-bond acceptors (Lipinski definition) is 6. The van der Waals surface area contributed by atoms with Gasteiger partial charge >= 0.3 is 11.9 Å². The van der Waals surface area contributed by atoms with Crippen molar-refractivity contribution in [3.8, 4) is 5.75 Å². The Hall–Kier alpha value is -3.88. The monoisotopic (exact) mass is 438 g/mol. The molecule has 0 heterocycles. The van der Waals surface area contributed by atoms with Crippen LogP contribution in [0.2, 0.25) is 0 Å². The van der Waals surface area contributed by atoms with E-state index in [-0.39, 0.29) is 35.8 Å². The van der Waals surface area contributed by atoms with Crippen molar-refractivity contribution in [3.05, 3.63) is 59.7 Å². The summed E-state index contributed by atoms with van der Waals surface area (Å²) in [5.74, 6) is -1.33. The molecule has 0 atom stereocenters. The van der Waals surface area contributed by atoms with Crippen LogP contribution in [-0.4, -0.2) is 36.5 Å². The molecule has 1 fully saturated rings. The van der Waals surface area contributed by atoms with Crippen molar-refractivity contribution in [3.63, 3.8) is 0 Å². The molecule has 1 amide bonds. The normalized spacial score (nSPS) is 13.6. The lowest BCUT2D eigenvalue weighted by Crippen LogP contribution is -2.38. The zero-order valence-electron chi connectivity index (χ0n) is 17.6. The van der Waals surface area contributed by atoms with Crippen LogP contribution in [0.25, 0.3) is 0 Å². The molecule has 2 aromatic carbocycles. The first-order chi connectivity index (χ1) is 15.4. The molecule has 9 heteroatoms. The van der Waals surface area contributed by atoms with E-state index in [0.717, 1.165) is 25.7 Å². The van der Waals surface area contributed by atoms with Crippen molar-refractivity contribution < 1.29 is 23.9 Å². The van der Waals surface area contributed by atoms with Crippen LogP contribution < -0.4 is 21.5 Å². The standard InChI is InChI=1S/C23H26N4O5/c24-23(25)27-18-10-6-16(7-11-18)22(30)32-19-12-8-15(9-13-19)21(29)31-14-20(28)26-17-4-2-1-3-5-17/h6-13,17H,1-5,14H2,(H,26,28)(H4,24,25,27). The van der Waals surface area contributed by atoms with E-state index >= 15 is 0 Å². The smallest absolute Gasteiger partial charge is 0.343 e. The maximum atomic E-state index is 12.3. The van der Waals surface area contributed by atoms with Crippen molar-refractivity contribution in [1.29, 1.82) is 0 Å². The number of rotatable bonds is 7. The molecule has 32 heavy (non-hydrogen) atoms. The lowest BCUT2D eigenvalue weighted by atomic mass is 9.95. The summed E-state index contributed by atoms with van der Waals surface area (Å²) in [6.07, 6.45) is 5.31. The Morgan fingerprint density at radius 2 is 1.47 bits per heavy atom. The highest BCUT2D eigenvalue weighted by atomic mass is 16.5. The number of benzene rings is 2. The average molecular weight is 438 g/mol. The number of aliphatic imine (C=N–C) groups is 1. The molecule has 0 bridgehead atoms. The summed E-state index contributed by atoms with van der Waals surface area (Å²) in [7, 11) is 0. The van der Waals surface area contributed by atoms with Gasteiger partial charge in [-0.1, -0.05) is 19.3 Å². The van der Waals surface area contributed by atoms with Crippen LogP contribution in [0.1, 0.15) is 52.8 Å². The number of nitrogens with one attached hydrogen (secondary N) is 1. The van der Waals surface area contributed by atoms with Gasteiger partial charge in [-0.15, -0.1) is 0 Å². The van der Waals surface area contributed by atoms with Crippen molar-refractivity contribution in [2.45, 2.75) is 38.1 Å². The quantitative estimate of drug-likeness (QED) is 0.260. The number of carbonyl (C=O) groups excluding carboxylic acids is 3. The van der Waals surface area contributed by atoms with Gasteiger partial charge in [-0.25, -0.2) is 14.6 Å². The molecular weight excluding hydrogens is 412 g/mol. The van der Waals surface area contributed by atoms with Gasteiger partial charge in [-0.2, -0.15) is 0 Å². The van der Waals surface area contributed by atoms with Crippen LogP contribution in [-0.2, 0) is 9.53 Å². The van der Waals surface area contributed by atoms with E-state index in [4.69, 9.17) is 20.9 Å². The summed E-state index contributed by atoms with van der Waals surface area (Å²) in [4.78, 5) is 40.3. The Bertz CT molecular complexity index is 976. The lowest BCUT2D eigenvalue weighted by molar-refractivity contribution is -0.125. The van der Waals surface area contributed by atoms with Crippen molar-refractivity contribution >= 4 is 29.5 Å². The van der Waals surface area contributed by atoms with E-state index < -0.39 is 11.9 Å². The predicted octanol–water partition coefficient (Wildman–Crippen LogP) is 2.42. The second-order valence-electron chi connectivity index (χ2n) is 7.48. The summed E-state index contributed by atoms with van der Waals surface area (Å²) in [6.45, 7) is -0.331. The zero-order chi connectivity index (χ0) is 22.9. The van der Waals surface area contributed by atoms with E-state index in [2.05, 4.69) is 10.3 Å². The highest BCUT2D eigenvalue weighted by Gasteiger charge is 2.17. The summed E-state index contributed by atoms with van der Waals surface area (Å²) in [5, 5.41) is 2.89. The summed E-state index contributed by atoms with van der Waals surface area (Å²) in [5.41, 5.74) is 11.7. The van der Waals surface area contributed by atoms with Gasteiger partial charge in [0.05, 0.1) is 16.8 Å². The highest BCUT2D eigenvalue weighted by Crippen LogP contribution is 2.18. The van der Waals surface area contributed by atoms with Gasteiger partial charge in [-0.3, -0.25) is 4.79 Å². The molecule has 9 nitrogen and oxygen atoms in total. The Balaban J connectivity index is 1.48. The molecule has 0 radical (unpaired) electrons. The number of nitrogens with two attached hydrogens (primary N) is 2. The first-order valence-electron chi connectivity index (χ1n) is 10.4. The molecular formula is C23H26N4O5. The molecule has 3 rings (SSSR count). The third kappa shape index (κ3) is 6.83. The second kappa shape index (κ2) is 10.9. The molecule has 0 saturated heterocycles. The first-order valence-corrected chi connectivity index (χ1v) is 10.4. The van der Waals surface area contributed by atoms with Crippen molar-refractivity contribution in [1.82, 2.24) is 5.32 Å². The minimum absolute atomic E-state index is 0.0798. The molecule has 0 unspecified atom stereocenters. The molecule has 1 saturated carbocycles. The molecule has 0 spiro atoms. The number of esters is 2. The van der Waals surface area contributed by atoms with Gasteiger partial charge in [0.1, 0.15) is 5.75 Å². The maximum absolute atomic E-state index is 12.3. The molecule has 0 aliphatic heterocycles. The molecule has 1 aliphatic carbocycles. The Kier molecular flexibility index (Phi) is 7.80. The van der Waals surface area contributed by atoms with Gasteiger partial charge in [0, 0.05) is 6.04 Å². The van der Waals surface area contributed by atoms with E-state index in [1.807, 2.05) is 0 Å². The topological polar surface area (TPSA) is 146 Å². The average Bonchev–Trinajstić information content (AvgIpc) is 2.78. The van der Waals surface area contributed by atoms with E-state index in [9.17, 15) is 14.4 Å². The van der Waals surface area contributed by atoms with E-state index in [0.29, 0.717) is 11.3 Å². The third-order valence-electron chi connectivity index (χ3n) is 4.97. The largest absolute Gasteiger partial charge is 0.452 e. The second-order valence-corrected chi connectivity index (χ2v) is 7.48. The summed E-state index contributed by atoms with van der Waals surface area (Å²) < 4.78 is 10.4. The van der Waals surface area contributed by atoms with Crippen LogP contribution in [0.4, 0.5) is 5.69 Å². The van der Waals surface area contributed by atoms with Gasteiger partial charge in [0.25, 0.3) is 5.91 Å². The number of amides is 1. The van der Waals surface area contributed by atoms with Gasteiger partial charge in [-0.05, 0) is 61.4 Å². The van der Waals surface area contributed by atoms with Crippen LogP contribution in [0.15, 0.2) is 53.5 Å². The van der Waals surface area contributed by atoms with Gasteiger partial charge < -0.3 is 26.3 Å². The predicted molar refractivity (Wildman–Crippen MR) is 119 cm³/mol. The molecule has 0 aromatic heterocycles. The van der Waals surface area contributed by atoms with Crippen LogP contribution >= 0.6 is 0 Å². The molecule has 168 valence electrons. The Morgan fingerprint density at radius 1 is 0.875 bits per heavy atom. The number of nitrogens with zero attached hydrogens (tertiary/aromatic N) is 1. The highest BCUT2D eigenvalue weighted by molar-refractivity contribution is 5.93. The Labute approximate surface area is 185 Å². The number of carbonyl (C=O) groups is 3. The maximum Gasteiger partial charge on any atom is 0.343 e. The fourth-order valence-corrected chi connectivity index (χ4v) is 3.38. The molecule has 1 aliphatic rings. The lowest BCUT2D eigenvalue weighted by Gasteiger charge is -2.22. The minimum Gasteiger partial charge on any atom is -0.452 e.